The molecule has 0 aliphatic rings. The average molecular weight is 358 g/mol. The molecule has 0 aliphatic carbocycles. The molecular formula is C16H26N2O5S. The van der Waals surface area contributed by atoms with Gasteiger partial charge in [0, 0.05) is 19.7 Å². The first-order valence-electron chi connectivity index (χ1n) is 7.94. The standard InChI is InChI=1S/C16H26N2O5S/c1-4-5-6-9-17-14-8-7-13(16(19)20)10-15(14)24(21,22)18-12(2)11-23-3/h7-8,10,12,17-18H,4-6,9,11H2,1-3H3,(H,19,20)/t12-/m0/s1. The largest absolute Gasteiger partial charge is 0.478 e. The fourth-order valence-corrected chi connectivity index (χ4v) is 3.67. The number of rotatable bonds is 11. The van der Waals surface area contributed by atoms with Crippen molar-refractivity contribution in [3.8, 4) is 0 Å². The fourth-order valence-electron chi connectivity index (χ4n) is 2.23. The summed E-state index contributed by atoms with van der Waals surface area (Å²) in [7, 11) is -2.38. The van der Waals surface area contributed by atoms with Crippen LogP contribution in [-0.4, -0.2) is 45.8 Å². The maximum absolute atomic E-state index is 12.6. The molecule has 0 unspecified atom stereocenters. The molecule has 0 amide bonds. The average Bonchev–Trinajstić information content (AvgIpc) is 2.51. The van der Waals surface area contributed by atoms with Gasteiger partial charge in [0.15, 0.2) is 0 Å². The lowest BCUT2D eigenvalue weighted by molar-refractivity contribution is 0.0696. The Morgan fingerprint density at radius 1 is 1.33 bits per heavy atom. The molecule has 8 heteroatoms. The van der Waals surface area contributed by atoms with Crippen LogP contribution in [0.4, 0.5) is 5.69 Å². The number of hydrogen-bond donors (Lipinski definition) is 3. The first kappa shape index (κ1) is 20.4. The number of hydrogen-bond acceptors (Lipinski definition) is 5. The first-order valence-corrected chi connectivity index (χ1v) is 9.42. The Hall–Kier alpha value is -1.64. The van der Waals surface area contributed by atoms with Gasteiger partial charge >= 0.3 is 5.97 Å². The van der Waals surface area contributed by atoms with E-state index in [1.807, 2.05) is 0 Å². The van der Waals surface area contributed by atoms with Crippen molar-refractivity contribution in [2.45, 2.75) is 44.0 Å². The highest BCUT2D eigenvalue weighted by Gasteiger charge is 2.22. The van der Waals surface area contributed by atoms with Crippen LogP contribution in [0.5, 0.6) is 0 Å². The summed E-state index contributed by atoms with van der Waals surface area (Å²) in [6.45, 7) is 4.60. The summed E-state index contributed by atoms with van der Waals surface area (Å²) in [5.41, 5.74) is 0.321. The lowest BCUT2D eigenvalue weighted by Crippen LogP contribution is -2.36. The van der Waals surface area contributed by atoms with Gasteiger partial charge in [-0.15, -0.1) is 0 Å². The van der Waals surface area contributed by atoms with Gasteiger partial charge in [-0.2, -0.15) is 0 Å². The van der Waals surface area contributed by atoms with Crippen molar-refractivity contribution in [3.05, 3.63) is 23.8 Å². The third-order valence-electron chi connectivity index (χ3n) is 3.39. The molecule has 1 rings (SSSR count). The number of sulfonamides is 1. The van der Waals surface area contributed by atoms with Crippen molar-refractivity contribution in [1.82, 2.24) is 4.72 Å². The molecule has 24 heavy (non-hydrogen) atoms. The Bertz CT molecular complexity index is 646. The van der Waals surface area contributed by atoms with Gasteiger partial charge in [0.25, 0.3) is 0 Å². The molecule has 0 bridgehead atoms. The van der Waals surface area contributed by atoms with Crippen LogP contribution >= 0.6 is 0 Å². The molecule has 1 aromatic rings. The third-order valence-corrected chi connectivity index (χ3v) is 5.02. The number of nitrogens with one attached hydrogen (secondary N) is 2. The molecule has 0 aliphatic heterocycles. The normalized spacial score (nSPS) is 12.8. The number of ether oxygens (including phenoxy) is 1. The SMILES string of the molecule is CCCCCNc1ccc(C(=O)O)cc1S(=O)(=O)N[C@@H](C)COC. The number of aromatic carboxylic acids is 1. The molecule has 1 aromatic carbocycles. The van der Waals surface area contributed by atoms with Crippen LogP contribution in [0.2, 0.25) is 0 Å². The Kier molecular flexibility index (Phi) is 8.17. The maximum Gasteiger partial charge on any atom is 0.335 e. The lowest BCUT2D eigenvalue weighted by atomic mass is 10.2. The van der Waals surface area contributed by atoms with E-state index in [2.05, 4.69) is 17.0 Å². The van der Waals surface area contributed by atoms with E-state index in [-0.39, 0.29) is 17.1 Å². The van der Waals surface area contributed by atoms with Crippen LogP contribution < -0.4 is 10.0 Å². The number of unbranched alkanes of at least 4 members (excludes halogenated alkanes) is 2. The van der Waals surface area contributed by atoms with Gasteiger partial charge in [0.1, 0.15) is 4.90 Å². The predicted octanol–water partition coefficient (Wildman–Crippen LogP) is 2.30. The van der Waals surface area contributed by atoms with E-state index in [4.69, 9.17) is 9.84 Å². The molecule has 3 N–H and O–H groups in total. The molecular weight excluding hydrogens is 332 g/mol. The van der Waals surface area contributed by atoms with Crippen molar-refractivity contribution < 1.29 is 23.1 Å². The summed E-state index contributed by atoms with van der Waals surface area (Å²) >= 11 is 0. The zero-order valence-electron chi connectivity index (χ0n) is 14.3. The number of carboxylic acids is 1. The number of carboxylic acid groups (broad SMARTS) is 1. The number of anilines is 1. The van der Waals surface area contributed by atoms with E-state index < -0.39 is 22.0 Å². The highest BCUT2D eigenvalue weighted by atomic mass is 32.2. The monoisotopic (exact) mass is 358 g/mol. The maximum atomic E-state index is 12.6. The van der Waals surface area contributed by atoms with E-state index in [1.54, 1.807) is 6.92 Å². The van der Waals surface area contributed by atoms with Crippen LogP contribution in [-0.2, 0) is 14.8 Å². The summed E-state index contributed by atoms with van der Waals surface area (Å²) in [5, 5.41) is 12.2. The molecule has 0 saturated heterocycles. The van der Waals surface area contributed by atoms with Crippen molar-refractivity contribution in [1.29, 1.82) is 0 Å². The van der Waals surface area contributed by atoms with Crippen molar-refractivity contribution in [3.63, 3.8) is 0 Å². The van der Waals surface area contributed by atoms with Crippen LogP contribution in [0.15, 0.2) is 23.1 Å². The van der Waals surface area contributed by atoms with Gasteiger partial charge in [-0.3, -0.25) is 0 Å². The second kappa shape index (κ2) is 9.61. The van der Waals surface area contributed by atoms with Crippen LogP contribution in [0, 0.1) is 0 Å². The van der Waals surface area contributed by atoms with E-state index in [9.17, 15) is 13.2 Å². The summed E-state index contributed by atoms with van der Waals surface area (Å²) in [4.78, 5) is 11.1. The molecule has 1 atom stereocenters. The Morgan fingerprint density at radius 2 is 2.04 bits per heavy atom. The second-order valence-electron chi connectivity index (χ2n) is 5.63. The second-order valence-corrected chi connectivity index (χ2v) is 7.31. The van der Waals surface area contributed by atoms with Crippen LogP contribution in [0.1, 0.15) is 43.5 Å². The quantitative estimate of drug-likeness (QED) is 0.524. The molecule has 0 saturated carbocycles. The zero-order chi connectivity index (χ0) is 18.2. The topological polar surface area (TPSA) is 105 Å². The van der Waals surface area contributed by atoms with E-state index >= 15 is 0 Å². The molecule has 0 fully saturated rings. The molecule has 0 heterocycles. The van der Waals surface area contributed by atoms with Crippen LogP contribution in [0.25, 0.3) is 0 Å². The number of carbonyl (C=O) groups is 1. The number of methoxy groups -OCH3 is 1. The Balaban J connectivity index is 3.10. The van der Waals surface area contributed by atoms with E-state index in [1.165, 1.54) is 25.3 Å². The van der Waals surface area contributed by atoms with Crippen molar-refractivity contribution >= 4 is 21.7 Å². The van der Waals surface area contributed by atoms with Crippen molar-refractivity contribution in [2.75, 3.05) is 25.6 Å². The third kappa shape index (κ3) is 6.10. The summed E-state index contributed by atoms with van der Waals surface area (Å²) in [6, 6.07) is 3.63. The minimum Gasteiger partial charge on any atom is -0.478 e. The highest BCUT2D eigenvalue weighted by molar-refractivity contribution is 7.89. The molecule has 0 radical (unpaired) electrons. The van der Waals surface area contributed by atoms with Gasteiger partial charge < -0.3 is 15.2 Å². The molecule has 0 spiro atoms. The van der Waals surface area contributed by atoms with Gasteiger partial charge in [-0.05, 0) is 31.5 Å². The van der Waals surface area contributed by atoms with Gasteiger partial charge in [0.2, 0.25) is 10.0 Å². The van der Waals surface area contributed by atoms with Crippen molar-refractivity contribution in [2.24, 2.45) is 0 Å². The summed E-state index contributed by atoms with van der Waals surface area (Å²) < 4.78 is 32.6. The summed E-state index contributed by atoms with van der Waals surface area (Å²) in [5.74, 6) is -1.17. The molecule has 7 nitrogen and oxygen atoms in total. The van der Waals surface area contributed by atoms with Gasteiger partial charge in [-0.25, -0.2) is 17.9 Å². The Morgan fingerprint density at radius 3 is 2.62 bits per heavy atom. The number of benzene rings is 1. The highest BCUT2D eigenvalue weighted by Crippen LogP contribution is 2.23. The smallest absolute Gasteiger partial charge is 0.335 e. The van der Waals surface area contributed by atoms with Gasteiger partial charge in [0.05, 0.1) is 17.9 Å². The van der Waals surface area contributed by atoms with Crippen LogP contribution in [0.3, 0.4) is 0 Å². The minimum atomic E-state index is -3.87. The first-order chi connectivity index (χ1) is 11.3. The fraction of sp³-hybridized carbons (Fsp3) is 0.562. The predicted molar refractivity (Wildman–Crippen MR) is 93.1 cm³/mol. The van der Waals surface area contributed by atoms with E-state index in [0.29, 0.717) is 12.2 Å². The lowest BCUT2D eigenvalue weighted by Gasteiger charge is -2.17. The molecule has 0 aromatic heterocycles. The minimum absolute atomic E-state index is 0.0677. The zero-order valence-corrected chi connectivity index (χ0v) is 15.1. The molecule has 136 valence electrons. The summed E-state index contributed by atoms with van der Waals surface area (Å²) in [6.07, 6.45) is 3.00. The Labute approximate surface area is 143 Å². The van der Waals surface area contributed by atoms with Gasteiger partial charge in [-0.1, -0.05) is 19.8 Å². The van der Waals surface area contributed by atoms with E-state index in [0.717, 1.165) is 19.3 Å².